The number of aromatic nitrogens is 5. The molecule has 1 atom stereocenters. The van der Waals surface area contributed by atoms with E-state index in [0.717, 1.165) is 42.2 Å². The SMILES string of the molecule is C[Si](C)(C)CCOCn1ccc2nc(-c3nccnc3NC3CCCN(C(=O)OCc4ccccc4)C3)cnc21. The summed E-state index contributed by atoms with van der Waals surface area (Å²) in [5.74, 6) is 0.620. The van der Waals surface area contributed by atoms with Gasteiger partial charge in [-0.3, -0.25) is 0 Å². The molecule has 4 heterocycles. The van der Waals surface area contributed by atoms with E-state index in [1.54, 1.807) is 23.5 Å². The number of hydrogen-bond donors (Lipinski definition) is 1. The van der Waals surface area contributed by atoms with Gasteiger partial charge in [0.15, 0.2) is 11.5 Å². The molecule has 1 unspecified atom stereocenters. The minimum atomic E-state index is -1.13. The van der Waals surface area contributed by atoms with Crippen molar-refractivity contribution in [3.05, 3.63) is 66.7 Å². The van der Waals surface area contributed by atoms with E-state index in [0.29, 0.717) is 37.0 Å². The van der Waals surface area contributed by atoms with Gasteiger partial charge in [-0.2, -0.15) is 0 Å². The molecule has 0 spiro atoms. The average Bonchev–Trinajstić information content (AvgIpc) is 3.37. The van der Waals surface area contributed by atoms with Crippen LogP contribution in [-0.4, -0.2) is 69.3 Å². The number of carbonyl (C=O) groups excluding carboxylic acids is 1. The zero-order valence-corrected chi connectivity index (χ0v) is 24.4. The molecular weight excluding hydrogens is 522 g/mol. The summed E-state index contributed by atoms with van der Waals surface area (Å²) in [6.45, 7) is 9.68. The maximum atomic E-state index is 12.7. The summed E-state index contributed by atoms with van der Waals surface area (Å²) in [7, 11) is -1.13. The van der Waals surface area contributed by atoms with Crippen LogP contribution in [0.4, 0.5) is 10.6 Å². The highest BCUT2D eigenvalue weighted by Gasteiger charge is 2.26. The number of carbonyl (C=O) groups is 1. The maximum absolute atomic E-state index is 12.7. The van der Waals surface area contributed by atoms with Crippen LogP contribution in [0, 0.1) is 0 Å². The molecule has 1 aliphatic rings. The van der Waals surface area contributed by atoms with Crippen molar-refractivity contribution in [2.45, 2.75) is 57.9 Å². The number of piperidine rings is 1. The Morgan fingerprint density at radius 1 is 1.10 bits per heavy atom. The Kier molecular flexibility index (Phi) is 8.71. The molecule has 40 heavy (non-hydrogen) atoms. The third kappa shape index (κ3) is 7.22. The molecule has 11 heteroatoms. The molecule has 4 aromatic rings. The van der Waals surface area contributed by atoms with Crippen LogP contribution in [0.1, 0.15) is 18.4 Å². The Labute approximate surface area is 235 Å². The number of amides is 1. The summed E-state index contributed by atoms with van der Waals surface area (Å²) in [6.07, 6.45) is 8.45. The molecule has 1 saturated heterocycles. The molecule has 0 aliphatic carbocycles. The molecule has 210 valence electrons. The average molecular weight is 560 g/mol. The Morgan fingerprint density at radius 2 is 1.93 bits per heavy atom. The Bertz CT molecular complexity index is 1420. The lowest BCUT2D eigenvalue weighted by Gasteiger charge is -2.33. The van der Waals surface area contributed by atoms with Crippen molar-refractivity contribution < 1.29 is 14.3 Å². The predicted molar refractivity (Wildman–Crippen MR) is 158 cm³/mol. The number of rotatable bonds is 10. The smallest absolute Gasteiger partial charge is 0.410 e. The number of anilines is 1. The molecule has 0 saturated carbocycles. The second kappa shape index (κ2) is 12.6. The van der Waals surface area contributed by atoms with Gasteiger partial charge in [0.05, 0.1) is 6.20 Å². The zero-order valence-electron chi connectivity index (χ0n) is 23.4. The van der Waals surface area contributed by atoms with Gasteiger partial charge in [-0.15, -0.1) is 0 Å². The summed E-state index contributed by atoms with van der Waals surface area (Å²) in [5.41, 5.74) is 3.77. The molecule has 1 N–H and O–H groups in total. The molecule has 0 radical (unpaired) electrons. The topological polar surface area (TPSA) is 107 Å². The quantitative estimate of drug-likeness (QED) is 0.203. The molecule has 1 amide bonds. The zero-order chi connectivity index (χ0) is 28.0. The highest BCUT2D eigenvalue weighted by Crippen LogP contribution is 2.25. The summed E-state index contributed by atoms with van der Waals surface area (Å²) in [5, 5.41) is 3.49. The Morgan fingerprint density at radius 3 is 2.75 bits per heavy atom. The predicted octanol–water partition coefficient (Wildman–Crippen LogP) is 5.41. The Balaban J connectivity index is 1.23. The number of ether oxygens (including phenoxy) is 2. The number of hydrogen-bond acceptors (Lipinski definition) is 8. The normalized spacial score (nSPS) is 15.8. The molecule has 3 aromatic heterocycles. The van der Waals surface area contributed by atoms with Gasteiger partial charge < -0.3 is 24.3 Å². The minimum Gasteiger partial charge on any atom is -0.445 e. The van der Waals surface area contributed by atoms with Crippen LogP contribution in [0.15, 0.2) is 61.2 Å². The molecule has 1 aliphatic heterocycles. The monoisotopic (exact) mass is 559 g/mol. The fourth-order valence-electron chi connectivity index (χ4n) is 4.62. The van der Waals surface area contributed by atoms with Gasteiger partial charge in [-0.05, 0) is 30.5 Å². The van der Waals surface area contributed by atoms with E-state index >= 15 is 0 Å². The van der Waals surface area contributed by atoms with E-state index in [1.165, 1.54) is 0 Å². The second-order valence-electron chi connectivity index (χ2n) is 11.3. The minimum absolute atomic E-state index is 0.0135. The van der Waals surface area contributed by atoms with Crippen LogP contribution in [0.5, 0.6) is 0 Å². The van der Waals surface area contributed by atoms with Gasteiger partial charge in [-0.1, -0.05) is 50.0 Å². The molecule has 10 nitrogen and oxygen atoms in total. The van der Waals surface area contributed by atoms with Crippen molar-refractivity contribution in [1.82, 2.24) is 29.4 Å². The standard InChI is InChI=1S/C29H37N7O3Si/c1-40(2,3)17-16-38-21-36-15-11-24-28(36)32-18-25(34-24)26-27(31-13-12-30-26)33-23-10-7-14-35(19-23)29(37)39-20-22-8-5-4-6-9-22/h4-6,8-9,11-13,15,18,23H,7,10,14,16-17,19-21H2,1-3H3,(H,31,33). The van der Waals surface area contributed by atoms with Gasteiger partial charge in [0, 0.05) is 52.4 Å². The summed E-state index contributed by atoms with van der Waals surface area (Å²) in [6, 6.07) is 12.8. The molecule has 5 rings (SSSR count). The Hall–Kier alpha value is -3.83. The van der Waals surface area contributed by atoms with Gasteiger partial charge in [0.25, 0.3) is 0 Å². The van der Waals surface area contributed by atoms with E-state index in [-0.39, 0.29) is 18.7 Å². The fraction of sp³-hybridized carbons (Fsp3) is 0.414. The van der Waals surface area contributed by atoms with Crippen molar-refractivity contribution in [2.75, 3.05) is 25.0 Å². The van der Waals surface area contributed by atoms with E-state index in [9.17, 15) is 4.79 Å². The third-order valence-corrected chi connectivity index (χ3v) is 8.56. The molecule has 1 aromatic carbocycles. The van der Waals surface area contributed by atoms with Crippen molar-refractivity contribution in [2.24, 2.45) is 0 Å². The molecular formula is C29H37N7O3Si. The molecule has 0 bridgehead atoms. The maximum Gasteiger partial charge on any atom is 0.410 e. The van der Waals surface area contributed by atoms with Gasteiger partial charge >= 0.3 is 6.09 Å². The summed E-state index contributed by atoms with van der Waals surface area (Å²) >= 11 is 0. The lowest BCUT2D eigenvalue weighted by Crippen LogP contribution is -2.45. The highest BCUT2D eigenvalue weighted by molar-refractivity contribution is 6.76. The van der Waals surface area contributed by atoms with E-state index < -0.39 is 8.07 Å². The van der Waals surface area contributed by atoms with Crippen LogP contribution >= 0.6 is 0 Å². The third-order valence-electron chi connectivity index (χ3n) is 6.86. The van der Waals surface area contributed by atoms with Crippen molar-refractivity contribution in [3.63, 3.8) is 0 Å². The summed E-state index contributed by atoms with van der Waals surface area (Å²) < 4.78 is 13.4. The van der Waals surface area contributed by atoms with Crippen LogP contribution in [-0.2, 0) is 22.8 Å². The number of nitrogens with zero attached hydrogens (tertiary/aromatic N) is 6. The first-order valence-corrected chi connectivity index (χ1v) is 17.5. The van der Waals surface area contributed by atoms with Crippen molar-refractivity contribution in [1.29, 1.82) is 0 Å². The summed E-state index contributed by atoms with van der Waals surface area (Å²) in [4.78, 5) is 33.1. The largest absolute Gasteiger partial charge is 0.445 e. The first-order valence-electron chi connectivity index (χ1n) is 13.8. The van der Waals surface area contributed by atoms with Crippen LogP contribution in [0.3, 0.4) is 0 Å². The highest BCUT2D eigenvalue weighted by atomic mass is 28.3. The second-order valence-corrected chi connectivity index (χ2v) is 16.9. The first kappa shape index (κ1) is 27.7. The number of nitrogens with one attached hydrogen (secondary N) is 1. The van der Waals surface area contributed by atoms with E-state index in [1.807, 2.05) is 47.2 Å². The van der Waals surface area contributed by atoms with E-state index in [4.69, 9.17) is 14.5 Å². The lowest BCUT2D eigenvalue weighted by atomic mass is 10.1. The van der Waals surface area contributed by atoms with Crippen LogP contribution in [0.2, 0.25) is 25.7 Å². The van der Waals surface area contributed by atoms with E-state index in [2.05, 4.69) is 39.9 Å². The van der Waals surface area contributed by atoms with Crippen LogP contribution < -0.4 is 5.32 Å². The van der Waals surface area contributed by atoms with Crippen molar-refractivity contribution in [3.8, 4) is 11.4 Å². The van der Waals surface area contributed by atoms with Crippen LogP contribution in [0.25, 0.3) is 22.6 Å². The van der Waals surface area contributed by atoms with Gasteiger partial charge in [0.1, 0.15) is 30.2 Å². The van der Waals surface area contributed by atoms with Gasteiger partial charge in [-0.25, -0.2) is 24.7 Å². The number of fused-ring (bicyclic) bond motifs is 1. The van der Waals surface area contributed by atoms with Gasteiger partial charge in [0.2, 0.25) is 0 Å². The number of benzene rings is 1. The first-order chi connectivity index (χ1) is 19.4. The lowest BCUT2D eigenvalue weighted by molar-refractivity contribution is 0.0874. The number of likely N-dealkylation sites (tertiary alicyclic amines) is 1. The fourth-order valence-corrected chi connectivity index (χ4v) is 5.37. The molecule has 1 fully saturated rings. The van der Waals surface area contributed by atoms with Crippen molar-refractivity contribution >= 4 is 31.1 Å².